The maximum Gasteiger partial charge on any atom is 0.122 e. The first kappa shape index (κ1) is 12.9. The lowest BCUT2D eigenvalue weighted by molar-refractivity contribution is 0.689. The maximum atomic E-state index is 5.90. The molecule has 0 fully saturated rings. The Kier molecular flexibility index (Phi) is 4.21. The number of benzene rings is 1. The van der Waals surface area contributed by atoms with Crippen molar-refractivity contribution in [2.24, 2.45) is 0 Å². The van der Waals surface area contributed by atoms with Crippen LogP contribution in [0.25, 0.3) is 0 Å². The van der Waals surface area contributed by atoms with Crippen molar-refractivity contribution >= 4 is 29.8 Å². The number of aromatic nitrogens is 2. The number of nitrogen functional groups attached to an aromatic ring is 1. The van der Waals surface area contributed by atoms with Crippen LogP contribution in [0.5, 0.6) is 0 Å². The molecule has 5 heteroatoms. The van der Waals surface area contributed by atoms with Gasteiger partial charge in [-0.1, -0.05) is 23.7 Å². The van der Waals surface area contributed by atoms with Gasteiger partial charge in [-0.15, -0.1) is 12.4 Å². The van der Waals surface area contributed by atoms with Crippen molar-refractivity contribution in [3.05, 3.63) is 46.6 Å². The third kappa shape index (κ3) is 2.90. The number of hydrogen-bond acceptors (Lipinski definition) is 2. The molecular weight excluding hydrogens is 245 g/mol. The fraction of sp³-hybridized carbons (Fsp3) is 0.182. The van der Waals surface area contributed by atoms with E-state index < -0.39 is 0 Å². The molecule has 0 spiro atoms. The first-order valence-electron chi connectivity index (χ1n) is 4.69. The van der Waals surface area contributed by atoms with Gasteiger partial charge in [0.15, 0.2) is 0 Å². The number of aryl methyl sites for hydroxylation is 1. The highest BCUT2D eigenvalue weighted by molar-refractivity contribution is 6.30. The van der Waals surface area contributed by atoms with Crippen LogP contribution in [0.4, 0.5) is 5.82 Å². The van der Waals surface area contributed by atoms with Crippen molar-refractivity contribution in [2.45, 2.75) is 13.5 Å². The number of hydrogen-bond donors (Lipinski definition) is 1. The summed E-state index contributed by atoms with van der Waals surface area (Å²) in [5.74, 6) is 0.674. The molecule has 0 aliphatic rings. The first-order chi connectivity index (χ1) is 7.15. The summed E-state index contributed by atoms with van der Waals surface area (Å²) in [7, 11) is 0. The second-order valence-electron chi connectivity index (χ2n) is 3.50. The first-order valence-corrected chi connectivity index (χ1v) is 5.07. The third-order valence-electron chi connectivity index (χ3n) is 2.15. The largest absolute Gasteiger partial charge is 0.384 e. The van der Waals surface area contributed by atoms with Gasteiger partial charge in [-0.2, -0.15) is 5.10 Å². The molecule has 3 nitrogen and oxygen atoms in total. The highest BCUT2D eigenvalue weighted by atomic mass is 35.5. The zero-order valence-corrected chi connectivity index (χ0v) is 10.4. The fourth-order valence-corrected chi connectivity index (χ4v) is 1.71. The minimum absolute atomic E-state index is 0. The highest BCUT2D eigenvalue weighted by Gasteiger charge is 2.02. The lowest BCUT2D eigenvalue weighted by Gasteiger charge is -2.04. The molecule has 1 aromatic heterocycles. The summed E-state index contributed by atoms with van der Waals surface area (Å²) >= 11 is 5.90. The second-order valence-corrected chi connectivity index (χ2v) is 3.93. The molecule has 1 heterocycles. The number of rotatable bonds is 2. The molecule has 1 aromatic carbocycles. The lowest BCUT2D eigenvalue weighted by Crippen LogP contribution is -2.05. The topological polar surface area (TPSA) is 43.8 Å². The van der Waals surface area contributed by atoms with E-state index >= 15 is 0 Å². The van der Waals surface area contributed by atoms with E-state index in [9.17, 15) is 0 Å². The predicted octanol–water partition coefficient (Wildman–Crippen LogP) is 2.90. The predicted molar refractivity (Wildman–Crippen MR) is 69.2 cm³/mol. The average Bonchev–Trinajstić information content (AvgIpc) is 2.45. The molecule has 0 bridgehead atoms. The van der Waals surface area contributed by atoms with Crippen molar-refractivity contribution in [3.8, 4) is 0 Å². The Labute approximate surface area is 106 Å². The zero-order valence-electron chi connectivity index (χ0n) is 8.85. The number of anilines is 1. The van der Waals surface area contributed by atoms with E-state index in [0.717, 1.165) is 16.3 Å². The van der Waals surface area contributed by atoms with Gasteiger partial charge in [0, 0.05) is 11.1 Å². The standard InChI is InChI=1S/C11H12ClN3.ClH/c1-8-5-11(13)15(14-8)7-9-3-2-4-10(12)6-9;/h2-6H,7,13H2,1H3;1H. The van der Waals surface area contributed by atoms with Crippen LogP contribution in [-0.2, 0) is 6.54 Å². The highest BCUT2D eigenvalue weighted by Crippen LogP contribution is 2.13. The van der Waals surface area contributed by atoms with Crippen molar-refractivity contribution in [2.75, 3.05) is 5.73 Å². The van der Waals surface area contributed by atoms with Crippen molar-refractivity contribution in [1.29, 1.82) is 0 Å². The molecule has 0 radical (unpaired) electrons. The molecule has 2 rings (SSSR count). The van der Waals surface area contributed by atoms with Crippen LogP contribution in [0, 0.1) is 6.92 Å². The Balaban J connectivity index is 0.00000128. The summed E-state index contributed by atoms with van der Waals surface area (Å²) in [6, 6.07) is 9.54. The number of nitrogens with zero attached hydrogens (tertiary/aromatic N) is 2. The maximum absolute atomic E-state index is 5.90. The van der Waals surface area contributed by atoms with Crippen LogP contribution < -0.4 is 5.73 Å². The van der Waals surface area contributed by atoms with E-state index in [1.54, 1.807) is 4.68 Å². The SMILES string of the molecule is Cc1cc(N)n(Cc2cccc(Cl)c2)n1.Cl. The summed E-state index contributed by atoms with van der Waals surface area (Å²) in [4.78, 5) is 0. The van der Waals surface area contributed by atoms with Crippen molar-refractivity contribution in [3.63, 3.8) is 0 Å². The Morgan fingerprint density at radius 3 is 2.69 bits per heavy atom. The molecular formula is C11H13Cl2N3. The summed E-state index contributed by atoms with van der Waals surface area (Å²) in [6.07, 6.45) is 0. The molecule has 0 aliphatic heterocycles. The van der Waals surface area contributed by atoms with Gasteiger partial charge in [0.2, 0.25) is 0 Å². The third-order valence-corrected chi connectivity index (χ3v) is 2.39. The molecule has 0 amide bonds. The van der Waals surface area contributed by atoms with Gasteiger partial charge in [-0.05, 0) is 24.6 Å². The van der Waals surface area contributed by atoms with Gasteiger partial charge in [0.05, 0.1) is 12.2 Å². The molecule has 0 atom stereocenters. The Hall–Kier alpha value is -1.19. The average molecular weight is 258 g/mol. The van der Waals surface area contributed by atoms with Crippen molar-refractivity contribution in [1.82, 2.24) is 9.78 Å². The minimum Gasteiger partial charge on any atom is -0.384 e. The van der Waals surface area contributed by atoms with E-state index in [0.29, 0.717) is 12.4 Å². The Morgan fingerprint density at radius 1 is 1.38 bits per heavy atom. The Morgan fingerprint density at radius 2 is 2.12 bits per heavy atom. The summed E-state index contributed by atoms with van der Waals surface area (Å²) < 4.78 is 1.76. The molecule has 86 valence electrons. The smallest absolute Gasteiger partial charge is 0.122 e. The normalized spacial score (nSPS) is 9.88. The monoisotopic (exact) mass is 257 g/mol. The van der Waals surface area contributed by atoms with E-state index in [2.05, 4.69) is 5.10 Å². The molecule has 0 saturated heterocycles. The van der Waals surface area contributed by atoms with Gasteiger partial charge in [0.25, 0.3) is 0 Å². The van der Waals surface area contributed by atoms with Crippen LogP contribution in [0.2, 0.25) is 5.02 Å². The quantitative estimate of drug-likeness (QED) is 0.900. The van der Waals surface area contributed by atoms with Gasteiger partial charge < -0.3 is 5.73 Å². The summed E-state index contributed by atoms with van der Waals surface area (Å²) in [6.45, 7) is 2.57. The Bertz CT molecular complexity index is 480. The van der Waals surface area contributed by atoms with Gasteiger partial charge in [-0.25, -0.2) is 4.68 Å². The number of halogens is 2. The fourth-order valence-electron chi connectivity index (χ4n) is 1.50. The van der Waals surface area contributed by atoms with Gasteiger partial charge >= 0.3 is 0 Å². The second kappa shape index (κ2) is 5.23. The van der Waals surface area contributed by atoms with Crippen LogP contribution >= 0.6 is 24.0 Å². The molecule has 2 aromatic rings. The van der Waals surface area contributed by atoms with Crippen LogP contribution in [-0.4, -0.2) is 9.78 Å². The summed E-state index contributed by atoms with van der Waals surface area (Å²) in [5.41, 5.74) is 7.81. The van der Waals surface area contributed by atoms with Crippen LogP contribution in [0.15, 0.2) is 30.3 Å². The molecule has 0 saturated carbocycles. The van der Waals surface area contributed by atoms with E-state index in [-0.39, 0.29) is 12.4 Å². The summed E-state index contributed by atoms with van der Waals surface area (Å²) in [5, 5.41) is 5.02. The molecule has 0 aliphatic carbocycles. The van der Waals surface area contributed by atoms with Crippen molar-refractivity contribution < 1.29 is 0 Å². The van der Waals surface area contributed by atoms with Gasteiger partial charge in [-0.3, -0.25) is 0 Å². The van der Waals surface area contributed by atoms with Crippen LogP contribution in [0.3, 0.4) is 0 Å². The van der Waals surface area contributed by atoms with E-state index in [1.165, 1.54) is 0 Å². The van der Waals surface area contributed by atoms with Gasteiger partial charge in [0.1, 0.15) is 5.82 Å². The van der Waals surface area contributed by atoms with E-state index in [4.69, 9.17) is 17.3 Å². The lowest BCUT2D eigenvalue weighted by atomic mass is 10.2. The zero-order chi connectivity index (χ0) is 10.8. The van der Waals surface area contributed by atoms with Crippen LogP contribution in [0.1, 0.15) is 11.3 Å². The van der Waals surface area contributed by atoms with E-state index in [1.807, 2.05) is 37.3 Å². The molecule has 0 unspecified atom stereocenters. The molecule has 16 heavy (non-hydrogen) atoms. The number of nitrogens with two attached hydrogens (primary N) is 1. The minimum atomic E-state index is 0. The molecule has 2 N–H and O–H groups in total.